The third-order valence-corrected chi connectivity index (χ3v) is 4.14. The normalized spacial score (nSPS) is 17.1. The fourth-order valence-corrected chi connectivity index (χ4v) is 3.03. The number of aromatic nitrogens is 1. The highest BCUT2D eigenvalue weighted by molar-refractivity contribution is 6.32. The van der Waals surface area contributed by atoms with E-state index in [2.05, 4.69) is 22.1 Å². The van der Waals surface area contributed by atoms with Gasteiger partial charge in [-0.25, -0.2) is 4.98 Å². The Labute approximate surface area is 125 Å². The van der Waals surface area contributed by atoms with Crippen molar-refractivity contribution in [2.75, 3.05) is 19.6 Å². The number of pyridine rings is 1. The van der Waals surface area contributed by atoms with Gasteiger partial charge in [0.2, 0.25) is 0 Å². The highest BCUT2D eigenvalue weighted by Gasteiger charge is 2.21. The second-order valence-corrected chi connectivity index (χ2v) is 5.78. The Morgan fingerprint density at radius 1 is 1.32 bits per heavy atom. The fourth-order valence-electron chi connectivity index (χ4n) is 2.63. The van der Waals surface area contributed by atoms with E-state index in [1.807, 2.05) is 12.1 Å². The molecule has 1 aliphatic rings. The lowest BCUT2D eigenvalue weighted by molar-refractivity contribution is 0.154. The van der Waals surface area contributed by atoms with Crippen LogP contribution in [0.1, 0.15) is 31.7 Å². The van der Waals surface area contributed by atoms with Gasteiger partial charge < -0.3 is 5.32 Å². The lowest BCUT2D eigenvalue weighted by Gasteiger charge is -2.34. The number of hydrogen-bond acceptors (Lipinski definition) is 3. The first-order valence-electron chi connectivity index (χ1n) is 6.96. The maximum atomic E-state index is 6.18. The maximum Gasteiger partial charge on any atom is 0.135 e. The molecular weight excluding hydrogens is 281 g/mol. The van der Waals surface area contributed by atoms with E-state index < -0.39 is 0 Å². The van der Waals surface area contributed by atoms with Crippen molar-refractivity contribution >= 4 is 23.2 Å². The van der Waals surface area contributed by atoms with Crippen molar-refractivity contribution in [3.8, 4) is 0 Å². The van der Waals surface area contributed by atoms with Crippen LogP contribution in [0.3, 0.4) is 0 Å². The summed E-state index contributed by atoms with van der Waals surface area (Å²) in [6, 6.07) is 4.45. The summed E-state index contributed by atoms with van der Waals surface area (Å²) >= 11 is 12.0. The summed E-state index contributed by atoms with van der Waals surface area (Å²) in [4.78, 5) is 6.65. The standard InChI is InChI=1S/C14H21Cl2N3/c1-2-9-19(12-5-7-17-8-6-12)10-11-3-4-13(15)18-14(11)16/h3-4,12,17H,2,5-10H2,1H3. The fraction of sp³-hybridized carbons (Fsp3) is 0.643. The number of nitrogens with one attached hydrogen (secondary N) is 1. The summed E-state index contributed by atoms with van der Waals surface area (Å²) in [5.74, 6) is 0. The van der Waals surface area contributed by atoms with Crippen molar-refractivity contribution in [2.45, 2.75) is 38.8 Å². The molecule has 0 spiro atoms. The van der Waals surface area contributed by atoms with Crippen molar-refractivity contribution < 1.29 is 0 Å². The molecule has 106 valence electrons. The van der Waals surface area contributed by atoms with Gasteiger partial charge in [-0.3, -0.25) is 4.90 Å². The Kier molecular flexibility index (Phi) is 5.89. The Morgan fingerprint density at radius 2 is 2.05 bits per heavy atom. The Morgan fingerprint density at radius 3 is 2.68 bits per heavy atom. The molecule has 3 nitrogen and oxygen atoms in total. The van der Waals surface area contributed by atoms with Crippen LogP contribution in [0, 0.1) is 0 Å². The second-order valence-electron chi connectivity index (χ2n) is 5.04. The van der Waals surface area contributed by atoms with Gasteiger partial charge >= 0.3 is 0 Å². The van der Waals surface area contributed by atoms with Crippen LogP contribution >= 0.6 is 23.2 Å². The van der Waals surface area contributed by atoms with E-state index in [9.17, 15) is 0 Å². The molecule has 2 rings (SSSR count). The molecule has 0 radical (unpaired) electrons. The van der Waals surface area contributed by atoms with E-state index in [-0.39, 0.29) is 0 Å². The first kappa shape index (κ1) is 15.0. The highest BCUT2D eigenvalue weighted by Crippen LogP contribution is 2.21. The van der Waals surface area contributed by atoms with Crippen LogP contribution in [0.25, 0.3) is 0 Å². The molecule has 1 aromatic heterocycles. The molecule has 1 aliphatic heterocycles. The number of nitrogens with zero attached hydrogens (tertiary/aromatic N) is 2. The van der Waals surface area contributed by atoms with E-state index in [0.29, 0.717) is 16.3 Å². The molecule has 0 amide bonds. The first-order chi connectivity index (χ1) is 9.20. The SMILES string of the molecule is CCCN(Cc1ccc(Cl)nc1Cl)C1CCNCC1. The Balaban J connectivity index is 2.06. The van der Waals surface area contributed by atoms with Crippen LogP contribution in [0.5, 0.6) is 0 Å². The minimum Gasteiger partial charge on any atom is -0.317 e. The van der Waals surface area contributed by atoms with Gasteiger partial charge in [-0.05, 0) is 45.0 Å². The molecule has 0 saturated carbocycles. The first-order valence-corrected chi connectivity index (χ1v) is 7.72. The minimum atomic E-state index is 0.456. The van der Waals surface area contributed by atoms with Crippen molar-refractivity contribution in [1.29, 1.82) is 0 Å². The Bertz CT molecular complexity index is 406. The van der Waals surface area contributed by atoms with Crippen LogP contribution in [0.4, 0.5) is 0 Å². The average Bonchev–Trinajstić information content (AvgIpc) is 2.42. The van der Waals surface area contributed by atoms with E-state index in [1.165, 1.54) is 12.8 Å². The van der Waals surface area contributed by atoms with Gasteiger partial charge in [0.15, 0.2) is 0 Å². The second kappa shape index (κ2) is 7.44. The smallest absolute Gasteiger partial charge is 0.135 e. The molecule has 0 aliphatic carbocycles. The lowest BCUT2D eigenvalue weighted by atomic mass is 10.0. The topological polar surface area (TPSA) is 28.2 Å². The summed E-state index contributed by atoms with van der Waals surface area (Å²) < 4.78 is 0. The maximum absolute atomic E-state index is 6.18. The van der Waals surface area contributed by atoms with Gasteiger partial charge in [-0.15, -0.1) is 0 Å². The van der Waals surface area contributed by atoms with Crippen molar-refractivity contribution in [1.82, 2.24) is 15.2 Å². The molecule has 1 fully saturated rings. The van der Waals surface area contributed by atoms with Gasteiger partial charge in [-0.1, -0.05) is 36.2 Å². The molecule has 2 heterocycles. The van der Waals surface area contributed by atoms with Crippen molar-refractivity contribution in [3.63, 3.8) is 0 Å². The number of halogens is 2. The predicted molar refractivity (Wildman–Crippen MR) is 80.8 cm³/mol. The van der Waals surface area contributed by atoms with Crippen molar-refractivity contribution in [3.05, 3.63) is 28.0 Å². The largest absolute Gasteiger partial charge is 0.317 e. The van der Waals surface area contributed by atoms with E-state index in [4.69, 9.17) is 23.2 Å². The minimum absolute atomic E-state index is 0.456. The molecule has 5 heteroatoms. The van der Waals surface area contributed by atoms with Gasteiger partial charge in [0.05, 0.1) is 0 Å². The number of piperidine rings is 1. The summed E-state index contributed by atoms with van der Waals surface area (Å²) in [6.07, 6.45) is 3.57. The van der Waals surface area contributed by atoms with E-state index in [0.717, 1.165) is 38.2 Å². The molecule has 0 bridgehead atoms. The van der Waals surface area contributed by atoms with E-state index in [1.54, 1.807) is 0 Å². The van der Waals surface area contributed by atoms with Crippen LogP contribution in [0.15, 0.2) is 12.1 Å². The highest BCUT2D eigenvalue weighted by atomic mass is 35.5. The van der Waals surface area contributed by atoms with Gasteiger partial charge in [0.1, 0.15) is 10.3 Å². The summed E-state index contributed by atoms with van der Waals surface area (Å²) in [6.45, 7) is 6.40. The summed E-state index contributed by atoms with van der Waals surface area (Å²) in [5, 5.41) is 4.40. The third kappa shape index (κ3) is 4.32. The molecule has 0 unspecified atom stereocenters. The lowest BCUT2D eigenvalue weighted by Crippen LogP contribution is -2.43. The zero-order valence-electron chi connectivity index (χ0n) is 11.3. The summed E-state index contributed by atoms with van der Waals surface area (Å²) in [7, 11) is 0. The van der Waals surface area contributed by atoms with E-state index >= 15 is 0 Å². The Hall–Kier alpha value is -0.350. The van der Waals surface area contributed by atoms with Gasteiger partial charge in [0.25, 0.3) is 0 Å². The van der Waals surface area contributed by atoms with Crippen LogP contribution in [-0.4, -0.2) is 35.6 Å². The quantitative estimate of drug-likeness (QED) is 0.845. The monoisotopic (exact) mass is 301 g/mol. The van der Waals surface area contributed by atoms with Gasteiger partial charge in [-0.2, -0.15) is 0 Å². The molecule has 1 N–H and O–H groups in total. The third-order valence-electron chi connectivity index (χ3n) is 3.60. The van der Waals surface area contributed by atoms with Crippen LogP contribution in [0.2, 0.25) is 10.3 Å². The number of rotatable bonds is 5. The molecule has 0 atom stereocenters. The summed E-state index contributed by atoms with van der Waals surface area (Å²) in [5.41, 5.74) is 1.07. The van der Waals surface area contributed by atoms with Crippen molar-refractivity contribution in [2.24, 2.45) is 0 Å². The molecule has 1 saturated heterocycles. The van der Waals surface area contributed by atoms with Crippen LogP contribution < -0.4 is 5.32 Å². The van der Waals surface area contributed by atoms with Crippen LogP contribution in [-0.2, 0) is 6.54 Å². The molecule has 19 heavy (non-hydrogen) atoms. The molecule has 0 aromatic carbocycles. The van der Waals surface area contributed by atoms with Gasteiger partial charge in [0, 0.05) is 18.2 Å². The average molecular weight is 302 g/mol. The zero-order chi connectivity index (χ0) is 13.7. The molecule has 1 aromatic rings. The molecular formula is C14H21Cl2N3. The number of hydrogen-bond donors (Lipinski definition) is 1. The predicted octanol–water partition coefficient (Wildman–Crippen LogP) is 3.35. The zero-order valence-corrected chi connectivity index (χ0v) is 12.8.